The molecule has 1 aromatic heterocycles. The lowest BCUT2D eigenvalue weighted by atomic mass is 10.1. The number of aromatic nitrogens is 1. The molecule has 0 saturated carbocycles. The highest BCUT2D eigenvalue weighted by Crippen LogP contribution is 2.22. The number of benzene rings is 2. The zero-order valence-electron chi connectivity index (χ0n) is 11.2. The molecule has 3 heteroatoms. The van der Waals surface area contributed by atoms with Gasteiger partial charge in [0.15, 0.2) is 0 Å². The lowest BCUT2D eigenvalue weighted by Crippen LogP contribution is -2.16. The van der Waals surface area contributed by atoms with Crippen LogP contribution in [0.25, 0.3) is 10.9 Å². The van der Waals surface area contributed by atoms with E-state index in [4.69, 9.17) is 0 Å². The van der Waals surface area contributed by atoms with Crippen LogP contribution in [0.5, 0.6) is 0 Å². The van der Waals surface area contributed by atoms with Crippen molar-refractivity contribution in [1.29, 1.82) is 0 Å². The maximum Gasteiger partial charge on any atom is 0.0457 e. The maximum atomic E-state index is 3.53. The summed E-state index contributed by atoms with van der Waals surface area (Å²) in [6, 6.07) is 16.9. The minimum Gasteiger partial charge on any atom is -0.361 e. The number of halogens is 1. The van der Waals surface area contributed by atoms with Crippen LogP contribution in [-0.4, -0.2) is 11.5 Å². The number of fused-ring (bicyclic) bond motifs is 1. The van der Waals surface area contributed by atoms with E-state index in [0.717, 1.165) is 24.0 Å². The van der Waals surface area contributed by atoms with Gasteiger partial charge in [-0.25, -0.2) is 0 Å². The lowest BCUT2D eigenvalue weighted by molar-refractivity contribution is 0.688. The normalized spacial score (nSPS) is 11.1. The zero-order valence-corrected chi connectivity index (χ0v) is 12.8. The summed E-state index contributed by atoms with van der Waals surface area (Å²) in [6.45, 7) is 1.90. The standard InChI is InChI=1S/C17H17BrN2/c18-15-6-7-17-16(10-15)14(12-20-17)8-9-19-11-13-4-2-1-3-5-13/h1-7,10,12,19-20H,8-9,11H2. The Bertz CT molecular complexity index is 689. The van der Waals surface area contributed by atoms with Gasteiger partial charge in [-0.2, -0.15) is 0 Å². The second kappa shape index (κ2) is 6.25. The van der Waals surface area contributed by atoms with Gasteiger partial charge in [0.1, 0.15) is 0 Å². The van der Waals surface area contributed by atoms with Crippen molar-refractivity contribution in [2.45, 2.75) is 13.0 Å². The van der Waals surface area contributed by atoms with Gasteiger partial charge in [0.2, 0.25) is 0 Å². The van der Waals surface area contributed by atoms with Crippen LogP contribution < -0.4 is 5.32 Å². The van der Waals surface area contributed by atoms with Gasteiger partial charge in [0, 0.05) is 28.1 Å². The Kier molecular flexibility index (Phi) is 4.19. The fourth-order valence-corrected chi connectivity index (χ4v) is 2.77. The maximum absolute atomic E-state index is 3.53. The van der Waals surface area contributed by atoms with Crippen LogP contribution in [0.4, 0.5) is 0 Å². The first kappa shape index (κ1) is 13.4. The van der Waals surface area contributed by atoms with Crippen LogP contribution in [0, 0.1) is 0 Å². The van der Waals surface area contributed by atoms with E-state index in [1.54, 1.807) is 0 Å². The summed E-state index contributed by atoms with van der Waals surface area (Å²) in [4.78, 5) is 3.33. The summed E-state index contributed by atoms with van der Waals surface area (Å²) >= 11 is 3.53. The zero-order chi connectivity index (χ0) is 13.8. The molecule has 102 valence electrons. The molecule has 0 bridgehead atoms. The summed E-state index contributed by atoms with van der Waals surface area (Å²) in [6.07, 6.45) is 3.14. The minimum absolute atomic E-state index is 0.924. The molecule has 0 amide bonds. The van der Waals surface area contributed by atoms with E-state index in [-0.39, 0.29) is 0 Å². The molecular weight excluding hydrogens is 312 g/mol. The number of H-pyrrole nitrogens is 1. The van der Waals surface area contributed by atoms with Crippen LogP contribution in [-0.2, 0) is 13.0 Å². The quantitative estimate of drug-likeness (QED) is 0.673. The van der Waals surface area contributed by atoms with Gasteiger partial charge in [-0.15, -0.1) is 0 Å². The fraction of sp³-hybridized carbons (Fsp3) is 0.176. The molecular formula is C17H17BrN2. The predicted molar refractivity (Wildman–Crippen MR) is 87.9 cm³/mol. The third kappa shape index (κ3) is 3.11. The van der Waals surface area contributed by atoms with Gasteiger partial charge in [-0.1, -0.05) is 46.3 Å². The summed E-state index contributed by atoms with van der Waals surface area (Å²) in [5, 5.41) is 4.80. The van der Waals surface area contributed by atoms with Gasteiger partial charge in [0.05, 0.1) is 0 Å². The number of aromatic amines is 1. The molecule has 2 N–H and O–H groups in total. The Labute approximate surface area is 127 Å². The Balaban J connectivity index is 1.59. The largest absolute Gasteiger partial charge is 0.361 e. The number of hydrogen-bond donors (Lipinski definition) is 2. The van der Waals surface area contributed by atoms with Crippen molar-refractivity contribution in [3.05, 3.63) is 70.3 Å². The molecule has 0 saturated heterocycles. The van der Waals surface area contributed by atoms with E-state index in [0.29, 0.717) is 0 Å². The van der Waals surface area contributed by atoms with Crippen molar-refractivity contribution in [2.75, 3.05) is 6.54 Å². The molecule has 0 unspecified atom stereocenters. The molecule has 0 aliphatic carbocycles. The van der Waals surface area contributed by atoms with E-state index >= 15 is 0 Å². The van der Waals surface area contributed by atoms with Crippen molar-refractivity contribution < 1.29 is 0 Å². The van der Waals surface area contributed by atoms with Crippen LogP contribution >= 0.6 is 15.9 Å². The molecule has 0 radical (unpaired) electrons. The van der Waals surface area contributed by atoms with Gasteiger partial charge in [0.25, 0.3) is 0 Å². The Morgan fingerprint density at radius 1 is 1.05 bits per heavy atom. The Hall–Kier alpha value is -1.58. The van der Waals surface area contributed by atoms with E-state index in [2.05, 4.69) is 74.9 Å². The van der Waals surface area contributed by atoms with E-state index in [1.165, 1.54) is 22.0 Å². The predicted octanol–water partition coefficient (Wildman–Crippen LogP) is 4.26. The third-order valence-electron chi connectivity index (χ3n) is 3.47. The molecule has 0 aliphatic heterocycles. The minimum atomic E-state index is 0.924. The summed E-state index contributed by atoms with van der Waals surface area (Å²) in [5.74, 6) is 0. The first-order valence-electron chi connectivity index (χ1n) is 6.83. The van der Waals surface area contributed by atoms with Gasteiger partial charge in [-0.05, 0) is 42.3 Å². The third-order valence-corrected chi connectivity index (χ3v) is 3.97. The van der Waals surface area contributed by atoms with Crippen LogP contribution in [0.3, 0.4) is 0 Å². The molecule has 1 heterocycles. The Morgan fingerprint density at radius 2 is 1.90 bits per heavy atom. The van der Waals surface area contributed by atoms with Gasteiger partial charge >= 0.3 is 0 Å². The first-order valence-corrected chi connectivity index (χ1v) is 7.62. The topological polar surface area (TPSA) is 27.8 Å². The Morgan fingerprint density at radius 3 is 2.75 bits per heavy atom. The highest BCUT2D eigenvalue weighted by atomic mass is 79.9. The van der Waals surface area contributed by atoms with E-state index in [9.17, 15) is 0 Å². The molecule has 3 aromatic rings. The van der Waals surface area contributed by atoms with Crippen LogP contribution in [0.1, 0.15) is 11.1 Å². The first-order chi connectivity index (χ1) is 9.83. The van der Waals surface area contributed by atoms with E-state index < -0.39 is 0 Å². The van der Waals surface area contributed by atoms with Crippen LogP contribution in [0.15, 0.2) is 59.2 Å². The molecule has 0 spiro atoms. The number of hydrogen-bond acceptors (Lipinski definition) is 1. The van der Waals surface area contributed by atoms with Crippen molar-refractivity contribution in [3.8, 4) is 0 Å². The monoisotopic (exact) mass is 328 g/mol. The molecule has 0 fully saturated rings. The lowest BCUT2D eigenvalue weighted by Gasteiger charge is -2.04. The summed E-state index contributed by atoms with van der Waals surface area (Å²) < 4.78 is 1.13. The summed E-state index contributed by atoms with van der Waals surface area (Å²) in [7, 11) is 0. The average Bonchev–Trinajstić information content (AvgIpc) is 2.87. The smallest absolute Gasteiger partial charge is 0.0457 e. The highest BCUT2D eigenvalue weighted by Gasteiger charge is 2.03. The number of rotatable bonds is 5. The van der Waals surface area contributed by atoms with Crippen molar-refractivity contribution in [1.82, 2.24) is 10.3 Å². The SMILES string of the molecule is Brc1ccc2[nH]cc(CCNCc3ccccc3)c2c1. The molecule has 2 nitrogen and oxygen atoms in total. The van der Waals surface area contributed by atoms with Crippen LogP contribution in [0.2, 0.25) is 0 Å². The number of nitrogens with one attached hydrogen (secondary N) is 2. The molecule has 20 heavy (non-hydrogen) atoms. The summed E-state index contributed by atoms with van der Waals surface area (Å²) in [5.41, 5.74) is 3.89. The van der Waals surface area contributed by atoms with Gasteiger partial charge in [-0.3, -0.25) is 0 Å². The van der Waals surface area contributed by atoms with Gasteiger partial charge < -0.3 is 10.3 Å². The highest BCUT2D eigenvalue weighted by molar-refractivity contribution is 9.10. The fourth-order valence-electron chi connectivity index (χ4n) is 2.41. The average molecular weight is 329 g/mol. The molecule has 2 aromatic carbocycles. The van der Waals surface area contributed by atoms with Crippen molar-refractivity contribution >= 4 is 26.8 Å². The van der Waals surface area contributed by atoms with E-state index in [1.807, 2.05) is 6.07 Å². The molecule has 3 rings (SSSR count). The molecule has 0 atom stereocenters. The van der Waals surface area contributed by atoms with Crippen molar-refractivity contribution in [3.63, 3.8) is 0 Å². The van der Waals surface area contributed by atoms with Crippen molar-refractivity contribution in [2.24, 2.45) is 0 Å². The second-order valence-corrected chi connectivity index (χ2v) is 5.83. The second-order valence-electron chi connectivity index (χ2n) is 4.92. The molecule has 0 aliphatic rings.